The number of methoxy groups -OCH3 is 1. The molecule has 2 aromatic rings. The van der Waals surface area contributed by atoms with Crippen LogP contribution in [0.25, 0.3) is 11.1 Å². The van der Waals surface area contributed by atoms with Crippen LogP contribution in [0.15, 0.2) is 54.3 Å². The Morgan fingerprint density at radius 3 is 2.75 bits per heavy atom. The van der Waals surface area contributed by atoms with E-state index < -0.39 is 5.82 Å². The minimum atomic E-state index is -0.402. The third kappa shape index (κ3) is 3.41. The van der Waals surface area contributed by atoms with Gasteiger partial charge >= 0.3 is 5.97 Å². The molecule has 28 heavy (non-hydrogen) atoms. The molecule has 0 spiro atoms. The summed E-state index contributed by atoms with van der Waals surface area (Å²) in [7, 11) is 1.38. The molecule has 2 aliphatic rings. The molecule has 4 rings (SSSR count). The third-order valence-corrected chi connectivity index (χ3v) is 4.83. The van der Waals surface area contributed by atoms with Crippen molar-refractivity contribution in [2.24, 2.45) is 0 Å². The number of ether oxygens (including phenoxy) is 2. The predicted octanol–water partition coefficient (Wildman–Crippen LogP) is 3.71. The third-order valence-electron chi connectivity index (χ3n) is 4.83. The van der Waals surface area contributed by atoms with Crippen molar-refractivity contribution >= 4 is 28.7 Å². The fourth-order valence-corrected chi connectivity index (χ4v) is 3.33. The summed E-state index contributed by atoms with van der Waals surface area (Å²) in [4.78, 5) is 23.6. The van der Waals surface area contributed by atoms with Gasteiger partial charge in [-0.05, 0) is 41.8 Å². The number of fused-ring (bicyclic) bond motifs is 1. The van der Waals surface area contributed by atoms with E-state index in [0.717, 1.165) is 16.7 Å². The van der Waals surface area contributed by atoms with E-state index in [4.69, 9.17) is 4.74 Å². The topological polar surface area (TPSA) is 64.6 Å². The molecule has 2 heterocycles. The summed E-state index contributed by atoms with van der Waals surface area (Å²) in [6.45, 7) is 0.351. The summed E-state index contributed by atoms with van der Waals surface area (Å²) in [6.07, 6.45) is 2.80. The number of benzene rings is 2. The quantitative estimate of drug-likeness (QED) is 0.650. The Bertz CT molecular complexity index is 1020. The van der Waals surface area contributed by atoms with E-state index in [1.807, 2.05) is 30.3 Å². The monoisotopic (exact) mass is 379 g/mol. The zero-order valence-electron chi connectivity index (χ0n) is 15.3. The average Bonchev–Trinajstić information content (AvgIpc) is 3.29. The molecule has 6 heteroatoms. The van der Waals surface area contributed by atoms with Crippen LogP contribution in [0, 0.1) is 5.82 Å². The molecule has 2 aromatic carbocycles. The van der Waals surface area contributed by atoms with Crippen molar-refractivity contribution in [3.8, 4) is 0 Å². The standard InChI is InChI=1S/C22H18FNO4/c1-27-20(25)9-4-13-2-5-14(6-3-13)15-10-19(28-12-15)21-17-8-7-16(23)11-18(17)24-22(21)26/h2-3,5-8,10-11H,4,9,12H2,1H3,(H,24,26)/b21-19+. The molecule has 0 fully saturated rings. The summed E-state index contributed by atoms with van der Waals surface area (Å²) in [5.74, 6) is -0.456. The molecule has 0 radical (unpaired) electrons. The Morgan fingerprint density at radius 1 is 1.21 bits per heavy atom. The number of halogens is 1. The first kappa shape index (κ1) is 18.0. The zero-order chi connectivity index (χ0) is 19.7. The minimum absolute atomic E-state index is 0.234. The smallest absolute Gasteiger partial charge is 0.305 e. The van der Waals surface area contributed by atoms with E-state index in [2.05, 4.69) is 10.1 Å². The number of nitrogens with one attached hydrogen (secondary N) is 1. The zero-order valence-corrected chi connectivity index (χ0v) is 15.3. The van der Waals surface area contributed by atoms with Crippen molar-refractivity contribution in [1.82, 2.24) is 0 Å². The Hall–Kier alpha value is -3.41. The molecule has 0 saturated heterocycles. The van der Waals surface area contributed by atoms with Crippen LogP contribution in [0.3, 0.4) is 0 Å². The highest BCUT2D eigenvalue weighted by Gasteiger charge is 2.30. The van der Waals surface area contributed by atoms with Crippen LogP contribution < -0.4 is 5.32 Å². The largest absolute Gasteiger partial charge is 0.488 e. The van der Waals surface area contributed by atoms with E-state index in [1.54, 1.807) is 6.07 Å². The molecule has 2 aliphatic heterocycles. The van der Waals surface area contributed by atoms with Gasteiger partial charge in [-0.1, -0.05) is 24.3 Å². The average molecular weight is 379 g/mol. The molecule has 1 N–H and O–H groups in total. The summed E-state index contributed by atoms with van der Waals surface area (Å²) < 4.78 is 23.8. The van der Waals surface area contributed by atoms with Gasteiger partial charge in [0.05, 0.1) is 18.4 Å². The van der Waals surface area contributed by atoms with Crippen molar-refractivity contribution in [1.29, 1.82) is 0 Å². The van der Waals surface area contributed by atoms with E-state index in [9.17, 15) is 14.0 Å². The number of hydrogen-bond acceptors (Lipinski definition) is 4. The van der Waals surface area contributed by atoms with Crippen LogP contribution in [0.4, 0.5) is 10.1 Å². The number of esters is 1. The van der Waals surface area contributed by atoms with Gasteiger partial charge < -0.3 is 14.8 Å². The van der Waals surface area contributed by atoms with Crippen LogP contribution in [-0.2, 0) is 25.5 Å². The number of amides is 1. The molecule has 0 unspecified atom stereocenters. The van der Waals surface area contributed by atoms with Gasteiger partial charge in [0.2, 0.25) is 0 Å². The summed E-state index contributed by atoms with van der Waals surface area (Å²) >= 11 is 0. The number of rotatable bonds is 4. The van der Waals surface area contributed by atoms with E-state index in [1.165, 1.54) is 19.2 Å². The lowest BCUT2D eigenvalue weighted by molar-refractivity contribution is -0.140. The van der Waals surface area contributed by atoms with Crippen LogP contribution >= 0.6 is 0 Å². The van der Waals surface area contributed by atoms with Crippen molar-refractivity contribution in [3.05, 3.63) is 76.8 Å². The summed E-state index contributed by atoms with van der Waals surface area (Å²) in [5, 5.41) is 2.67. The van der Waals surface area contributed by atoms with Crippen LogP contribution in [0.2, 0.25) is 0 Å². The molecule has 0 bridgehead atoms. The highest BCUT2D eigenvalue weighted by molar-refractivity contribution is 6.32. The molecular formula is C22H18FNO4. The van der Waals surface area contributed by atoms with Crippen molar-refractivity contribution in [3.63, 3.8) is 0 Å². The molecule has 0 saturated carbocycles. The second kappa shape index (κ2) is 7.31. The lowest BCUT2D eigenvalue weighted by atomic mass is 10.0. The van der Waals surface area contributed by atoms with Crippen LogP contribution in [-0.4, -0.2) is 25.6 Å². The Kier molecular flexibility index (Phi) is 4.69. The maximum absolute atomic E-state index is 13.4. The van der Waals surface area contributed by atoms with Crippen molar-refractivity contribution in [2.45, 2.75) is 12.8 Å². The molecule has 5 nitrogen and oxygen atoms in total. The predicted molar refractivity (Wildman–Crippen MR) is 103 cm³/mol. The summed E-state index contributed by atoms with van der Waals surface area (Å²) in [6, 6.07) is 12.1. The fourth-order valence-electron chi connectivity index (χ4n) is 3.33. The van der Waals surface area contributed by atoms with Crippen LogP contribution in [0.5, 0.6) is 0 Å². The Balaban J connectivity index is 1.57. The number of carbonyl (C=O) groups is 2. The van der Waals surface area contributed by atoms with Gasteiger partial charge in [-0.25, -0.2) is 4.39 Å². The van der Waals surface area contributed by atoms with Gasteiger partial charge in [-0.2, -0.15) is 0 Å². The molecule has 142 valence electrons. The van der Waals surface area contributed by atoms with Crippen LogP contribution in [0.1, 0.15) is 23.1 Å². The first-order valence-corrected chi connectivity index (χ1v) is 8.90. The van der Waals surface area contributed by atoms with Gasteiger partial charge in [0.1, 0.15) is 18.2 Å². The maximum atomic E-state index is 13.4. The van der Waals surface area contributed by atoms with Gasteiger partial charge in [-0.15, -0.1) is 0 Å². The number of aryl methyl sites for hydroxylation is 1. The van der Waals surface area contributed by atoms with E-state index >= 15 is 0 Å². The first-order valence-electron chi connectivity index (χ1n) is 8.90. The first-order chi connectivity index (χ1) is 13.5. The molecule has 0 aliphatic carbocycles. The highest BCUT2D eigenvalue weighted by Crippen LogP contribution is 2.38. The summed E-state index contributed by atoms with van der Waals surface area (Å²) in [5.41, 5.74) is 4.48. The second-order valence-electron chi connectivity index (χ2n) is 6.61. The van der Waals surface area contributed by atoms with Gasteiger partial charge in [0.25, 0.3) is 5.91 Å². The van der Waals surface area contributed by atoms with Crippen molar-refractivity contribution in [2.75, 3.05) is 19.0 Å². The Labute approximate surface area is 161 Å². The van der Waals surface area contributed by atoms with E-state index in [-0.39, 0.29) is 11.9 Å². The number of anilines is 1. The maximum Gasteiger partial charge on any atom is 0.305 e. The number of carbonyl (C=O) groups excluding carboxylic acids is 2. The molecular weight excluding hydrogens is 361 g/mol. The number of allylic oxidation sites excluding steroid dienone is 1. The van der Waals surface area contributed by atoms with E-state index in [0.29, 0.717) is 42.0 Å². The molecule has 0 atom stereocenters. The van der Waals surface area contributed by atoms with Crippen molar-refractivity contribution < 1.29 is 23.5 Å². The molecule has 0 aromatic heterocycles. The lowest BCUT2D eigenvalue weighted by Crippen LogP contribution is -2.05. The second-order valence-corrected chi connectivity index (χ2v) is 6.61. The number of hydrogen-bond donors (Lipinski definition) is 1. The SMILES string of the molecule is COC(=O)CCc1ccc(C2=C/C(=C3\C(=O)Nc4cc(F)ccc43)OC2)cc1. The highest BCUT2D eigenvalue weighted by atomic mass is 19.1. The lowest BCUT2D eigenvalue weighted by Gasteiger charge is -2.04. The molecule has 1 amide bonds. The minimum Gasteiger partial charge on any atom is -0.488 e. The Morgan fingerprint density at radius 2 is 2.00 bits per heavy atom. The van der Waals surface area contributed by atoms with Gasteiger partial charge in [-0.3, -0.25) is 9.59 Å². The van der Waals surface area contributed by atoms with Gasteiger partial charge in [0, 0.05) is 17.6 Å². The fraction of sp³-hybridized carbons (Fsp3) is 0.182. The normalized spacial score (nSPS) is 17.6. The van der Waals surface area contributed by atoms with Gasteiger partial charge in [0.15, 0.2) is 0 Å².